The molecule has 0 aliphatic heterocycles. The first kappa shape index (κ1) is 14.2. The van der Waals surface area contributed by atoms with Gasteiger partial charge in [0, 0.05) is 0 Å². The SMILES string of the molecule is Cc1noc(-c2ccccc2NC(=O)[C@@H](N)C(C)C)n1. The molecule has 6 heteroatoms. The third kappa shape index (κ3) is 3.03. The summed E-state index contributed by atoms with van der Waals surface area (Å²) in [6.07, 6.45) is 0. The molecule has 2 aromatic rings. The van der Waals surface area contributed by atoms with Gasteiger partial charge in [-0.15, -0.1) is 0 Å². The maximum atomic E-state index is 12.0. The van der Waals surface area contributed by atoms with Crippen LogP contribution >= 0.6 is 0 Å². The third-order valence-corrected chi connectivity index (χ3v) is 2.96. The van der Waals surface area contributed by atoms with E-state index in [4.69, 9.17) is 10.3 Å². The quantitative estimate of drug-likeness (QED) is 0.888. The van der Waals surface area contributed by atoms with Gasteiger partial charge in [0.15, 0.2) is 5.82 Å². The third-order valence-electron chi connectivity index (χ3n) is 2.96. The Morgan fingerprint density at radius 3 is 2.65 bits per heavy atom. The van der Waals surface area contributed by atoms with Crippen LogP contribution in [0.1, 0.15) is 19.7 Å². The Morgan fingerprint density at radius 2 is 2.05 bits per heavy atom. The lowest BCUT2D eigenvalue weighted by atomic mass is 10.0. The number of benzene rings is 1. The summed E-state index contributed by atoms with van der Waals surface area (Å²) >= 11 is 0. The lowest BCUT2D eigenvalue weighted by Crippen LogP contribution is -2.39. The molecule has 3 N–H and O–H groups in total. The van der Waals surface area contributed by atoms with Crippen molar-refractivity contribution in [3.63, 3.8) is 0 Å². The van der Waals surface area contributed by atoms with Gasteiger partial charge in [-0.2, -0.15) is 4.98 Å². The van der Waals surface area contributed by atoms with Gasteiger partial charge in [-0.25, -0.2) is 0 Å². The summed E-state index contributed by atoms with van der Waals surface area (Å²) in [7, 11) is 0. The number of rotatable bonds is 4. The van der Waals surface area contributed by atoms with Gasteiger partial charge in [0.2, 0.25) is 5.91 Å². The lowest BCUT2D eigenvalue weighted by molar-refractivity contribution is -0.118. The van der Waals surface area contributed by atoms with E-state index in [9.17, 15) is 4.79 Å². The molecule has 0 fully saturated rings. The molecule has 1 aromatic heterocycles. The Morgan fingerprint density at radius 1 is 1.35 bits per heavy atom. The summed E-state index contributed by atoms with van der Waals surface area (Å²) in [5.41, 5.74) is 7.12. The maximum absolute atomic E-state index is 12.0. The lowest BCUT2D eigenvalue weighted by Gasteiger charge is -2.16. The van der Waals surface area contributed by atoms with Gasteiger partial charge >= 0.3 is 0 Å². The molecule has 0 bridgehead atoms. The molecule has 2 rings (SSSR count). The number of aryl methyl sites for hydroxylation is 1. The zero-order valence-corrected chi connectivity index (χ0v) is 11.8. The number of nitrogens with zero attached hydrogens (tertiary/aromatic N) is 2. The Labute approximate surface area is 117 Å². The van der Waals surface area contributed by atoms with Crippen LogP contribution in [0.3, 0.4) is 0 Å². The van der Waals surface area contributed by atoms with Crippen molar-refractivity contribution in [2.75, 3.05) is 5.32 Å². The maximum Gasteiger partial charge on any atom is 0.260 e. The number of hydrogen-bond acceptors (Lipinski definition) is 5. The Kier molecular flexibility index (Phi) is 4.14. The van der Waals surface area contributed by atoms with Crippen LogP contribution in [0.15, 0.2) is 28.8 Å². The smallest absolute Gasteiger partial charge is 0.260 e. The van der Waals surface area contributed by atoms with E-state index in [1.54, 1.807) is 13.0 Å². The number of para-hydroxylation sites is 1. The predicted octanol–water partition coefficient (Wildman–Crippen LogP) is 1.97. The fourth-order valence-corrected chi connectivity index (χ4v) is 1.70. The second-order valence-electron chi connectivity index (χ2n) is 4.95. The molecular formula is C14H18N4O2. The molecule has 1 aromatic carbocycles. The molecule has 0 saturated heterocycles. The van der Waals surface area contributed by atoms with Crippen LogP contribution in [0.5, 0.6) is 0 Å². The van der Waals surface area contributed by atoms with Crippen molar-refractivity contribution >= 4 is 11.6 Å². The average Bonchev–Trinajstić information content (AvgIpc) is 2.84. The van der Waals surface area contributed by atoms with Crippen LogP contribution in [0.2, 0.25) is 0 Å². The number of amides is 1. The summed E-state index contributed by atoms with van der Waals surface area (Å²) in [5.74, 6) is 0.744. The largest absolute Gasteiger partial charge is 0.334 e. The van der Waals surface area contributed by atoms with Gasteiger partial charge in [0.1, 0.15) is 0 Å². The monoisotopic (exact) mass is 274 g/mol. The fourth-order valence-electron chi connectivity index (χ4n) is 1.70. The first-order valence-corrected chi connectivity index (χ1v) is 6.45. The number of nitrogens with one attached hydrogen (secondary N) is 1. The van der Waals surface area contributed by atoms with Gasteiger partial charge in [0.25, 0.3) is 5.89 Å². The normalized spacial score (nSPS) is 12.4. The molecule has 0 spiro atoms. The first-order valence-electron chi connectivity index (χ1n) is 6.45. The number of anilines is 1. The van der Waals surface area contributed by atoms with Crippen LogP contribution < -0.4 is 11.1 Å². The predicted molar refractivity (Wildman–Crippen MR) is 75.9 cm³/mol. The van der Waals surface area contributed by atoms with E-state index in [1.165, 1.54) is 0 Å². The van der Waals surface area contributed by atoms with E-state index in [-0.39, 0.29) is 11.8 Å². The summed E-state index contributed by atoms with van der Waals surface area (Å²) in [5, 5.41) is 6.56. The molecule has 0 aliphatic rings. The average molecular weight is 274 g/mol. The topological polar surface area (TPSA) is 94.0 Å². The number of carbonyl (C=O) groups excluding carboxylic acids is 1. The standard InChI is InChI=1S/C14H18N4O2/c1-8(2)12(15)13(19)17-11-7-5-4-6-10(11)14-16-9(3)18-20-14/h4-8,12H,15H2,1-3H3,(H,17,19)/t12-/m0/s1. The first-order chi connectivity index (χ1) is 9.49. The molecule has 0 aliphatic carbocycles. The molecule has 0 saturated carbocycles. The number of nitrogens with two attached hydrogens (primary N) is 1. The minimum Gasteiger partial charge on any atom is -0.334 e. The van der Waals surface area contributed by atoms with Crippen LogP contribution in [-0.2, 0) is 4.79 Å². The van der Waals surface area contributed by atoms with Crippen LogP contribution in [-0.4, -0.2) is 22.1 Å². The molecule has 1 atom stereocenters. The van der Waals surface area contributed by atoms with Crippen molar-refractivity contribution in [2.45, 2.75) is 26.8 Å². The highest BCUT2D eigenvalue weighted by molar-refractivity contribution is 5.97. The van der Waals surface area contributed by atoms with E-state index in [1.807, 2.05) is 32.0 Å². The molecule has 1 amide bonds. The minimum absolute atomic E-state index is 0.0628. The summed E-state index contributed by atoms with van der Waals surface area (Å²) in [6, 6.07) is 6.69. The van der Waals surface area contributed by atoms with Crippen molar-refractivity contribution in [3.05, 3.63) is 30.1 Å². The molecule has 0 radical (unpaired) electrons. The zero-order valence-electron chi connectivity index (χ0n) is 11.8. The number of hydrogen-bond donors (Lipinski definition) is 2. The summed E-state index contributed by atoms with van der Waals surface area (Å²) < 4.78 is 5.14. The van der Waals surface area contributed by atoms with Crippen LogP contribution in [0.4, 0.5) is 5.69 Å². The van der Waals surface area contributed by atoms with Crippen LogP contribution in [0, 0.1) is 12.8 Å². The van der Waals surface area contributed by atoms with E-state index >= 15 is 0 Å². The van der Waals surface area contributed by atoms with Crippen molar-refractivity contribution < 1.29 is 9.32 Å². The zero-order chi connectivity index (χ0) is 14.7. The summed E-state index contributed by atoms with van der Waals surface area (Å²) in [4.78, 5) is 16.2. The van der Waals surface area contributed by atoms with Gasteiger partial charge in [0.05, 0.1) is 17.3 Å². The Bertz CT molecular complexity index is 607. The van der Waals surface area contributed by atoms with Crippen LogP contribution in [0.25, 0.3) is 11.5 Å². The molecule has 0 unspecified atom stereocenters. The van der Waals surface area contributed by atoms with Gasteiger partial charge in [-0.05, 0) is 25.0 Å². The molecule has 6 nitrogen and oxygen atoms in total. The number of aromatic nitrogens is 2. The second kappa shape index (κ2) is 5.83. The molecule has 20 heavy (non-hydrogen) atoms. The molecular weight excluding hydrogens is 256 g/mol. The van der Waals surface area contributed by atoms with Gasteiger partial charge in [-0.1, -0.05) is 31.1 Å². The van der Waals surface area contributed by atoms with E-state index in [0.29, 0.717) is 23.0 Å². The van der Waals surface area contributed by atoms with E-state index < -0.39 is 6.04 Å². The highest BCUT2D eigenvalue weighted by atomic mass is 16.5. The Hall–Kier alpha value is -2.21. The molecule has 106 valence electrons. The van der Waals surface area contributed by atoms with Crippen molar-refractivity contribution in [2.24, 2.45) is 11.7 Å². The number of carbonyl (C=O) groups is 1. The van der Waals surface area contributed by atoms with Gasteiger partial charge in [-0.3, -0.25) is 4.79 Å². The fraction of sp³-hybridized carbons (Fsp3) is 0.357. The second-order valence-corrected chi connectivity index (χ2v) is 4.95. The Balaban J connectivity index is 2.27. The summed E-state index contributed by atoms with van der Waals surface area (Å²) in [6.45, 7) is 5.54. The molecule has 1 heterocycles. The minimum atomic E-state index is -0.563. The van der Waals surface area contributed by atoms with Crippen molar-refractivity contribution in [3.8, 4) is 11.5 Å². The highest BCUT2D eigenvalue weighted by Gasteiger charge is 2.19. The van der Waals surface area contributed by atoms with Gasteiger partial charge < -0.3 is 15.6 Å². The highest BCUT2D eigenvalue weighted by Crippen LogP contribution is 2.26. The van der Waals surface area contributed by atoms with E-state index in [2.05, 4.69) is 15.5 Å². The van der Waals surface area contributed by atoms with E-state index in [0.717, 1.165) is 0 Å². The van der Waals surface area contributed by atoms with Crippen molar-refractivity contribution in [1.29, 1.82) is 0 Å². The van der Waals surface area contributed by atoms with Crippen molar-refractivity contribution in [1.82, 2.24) is 10.1 Å².